The maximum atomic E-state index is 12.0. The Labute approximate surface area is 112 Å². The van der Waals surface area contributed by atoms with Crippen molar-refractivity contribution in [2.75, 3.05) is 0 Å². The lowest BCUT2D eigenvalue weighted by atomic mass is 9.92. The van der Waals surface area contributed by atoms with Crippen molar-refractivity contribution < 1.29 is 13.2 Å². The summed E-state index contributed by atoms with van der Waals surface area (Å²) in [5.74, 6) is -0.294. The molecule has 1 heterocycles. The van der Waals surface area contributed by atoms with E-state index >= 15 is 0 Å². The van der Waals surface area contributed by atoms with Crippen molar-refractivity contribution in [2.24, 2.45) is 10.6 Å². The predicted molar refractivity (Wildman–Crippen MR) is 71.1 cm³/mol. The summed E-state index contributed by atoms with van der Waals surface area (Å²) in [6, 6.07) is 1.40. The summed E-state index contributed by atoms with van der Waals surface area (Å²) in [6.07, 6.45) is 4.18. The van der Waals surface area contributed by atoms with Gasteiger partial charge in [-0.15, -0.1) is 0 Å². The minimum atomic E-state index is -3.77. The number of primary sulfonamides is 1. The smallest absolute Gasteiger partial charge is 0.267 e. The van der Waals surface area contributed by atoms with Crippen molar-refractivity contribution in [3.05, 3.63) is 18.0 Å². The number of carbonyl (C=O) groups is 1. The molecule has 6 nitrogen and oxygen atoms in total. The Morgan fingerprint density at radius 3 is 2.68 bits per heavy atom. The molecule has 2 rings (SSSR count). The molecule has 0 spiro atoms. The van der Waals surface area contributed by atoms with Gasteiger partial charge in [-0.05, 0) is 30.7 Å². The van der Waals surface area contributed by atoms with E-state index in [0.717, 1.165) is 19.3 Å². The molecule has 0 aromatic carbocycles. The molecule has 1 unspecified atom stereocenters. The summed E-state index contributed by atoms with van der Waals surface area (Å²) in [5.41, 5.74) is 0.466. The normalized spacial score (nSPS) is 22.4. The second-order valence-corrected chi connectivity index (χ2v) is 7.43. The number of aromatic amines is 1. The first-order valence-electron chi connectivity index (χ1n) is 6.19. The van der Waals surface area contributed by atoms with Crippen molar-refractivity contribution in [2.45, 2.75) is 44.0 Å². The second kappa shape index (κ2) is 4.64. The highest BCUT2D eigenvalue weighted by Gasteiger charge is 2.32. The van der Waals surface area contributed by atoms with Crippen LogP contribution in [0, 0.1) is 5.41 Å². The van der Waals surface area contributed by atoms with Crippen LogP contribution in [0.15, 0.2) is 17.2 Å². The van der Waals surface area contributed by atoms with Gasteiger partial charge in [0.2, 0.25) is 10.0 Å². The lowest BCUT2D eigenvalue weighted by molar-refractivity contribution is 0.0931. The highest BCUT2D eigenvalue weighted by Crippen LogP contribution is 2.36. The fraction of sp³-hybridized carbons (Fsp3) is 0.583. The van der Waals surface area contributed by atoms with Gasteiger partial charge in [0.05, 0.1) is 4.90 Å². The fourth-order valence-corrected chi connectivity index (χ4v) is 3.00. The van der Waals surface area contributed by atoms with Gasteiger partial charge in [0.1, 0.15) is 5.69 Å². The zero-order chi connectivity index (χ0) is 14.3. The molecule has 1 saturated carbocycles. The average molecular weight is 285 g/mol. The summed E-state index contributed by atoms with van der Waals surface area (Å²) in [4.78, 5) is 14.5. The van der Waals surface area contributed by atoms with Crippen LogP contribution in [-0.4, -0.2) is 25.4 Å². The number of rotatable bonds is 3. The van der Waals surface area contributed by atoms with E-state index in [1.54, 1.807) is 0 Å². The number of nitrogens with one attached hydrogen (secondary N) is 2. The van der Waals surface area contributed by atoms with E-state index in [9.17, 15) is 13.2 Å². The Balaban J connectivity index is 2.03. The minimum Gasteiger partial charge on any atom is -0.356 e. The van der Waals surface area contributed by atoms with Crippen LogP contribution in [0.5, 0.6) is 0 Å². The van der Waals surface area contributed by atoms with Crippen LogP contribution in [-0.2, 0) is 10.0 Å². The van der Waals surface area contributed by atoms with Crippen LogP contribution in [0.1, 0.15) is 43.6 Å². The maximum absolute atomic E-state index is 12.0. The van der Waals surface area contributed by atoms with Gasteiger partial charge in [0, 0.05) is 12.2 Å². The molecular formula is C12H19N3O3S. The summed E-state index contributed by atoms with van der Waals surface area (Å²) >= 11 is 0. The van der Waals surface area contributed by atoms with Crippen LogP contribution in [0.3, 0.4) is 0 Å². The molecule has 0 saturated heterocycles. The predicted octanol–water partition coefficient (Wildman–Crippen LogP) is 0.971. The van der Waals surface area contributed by atoms with Gasteiger partial charge in [-0.1, -0.05) is 13.8 Å². The Morgan fingerprint density at radius 2 is 2.21 bits per heavy atom. The molecule has 7 heteroatoms. The Bertz CT molecular complexity index is 589. The zero-order valence-electron chi connectivity index (χ0n) is 11.1. The van der Waals surface area contributed by atoms with E-state index in [4.69, 9.17) is 5.14 Å². The van der Waals surface area contributed by atoms with Gasteiger partial charge < -0.3 is 10.3 Å². The third-order valence-corrected chi connectivity index (χ3v) is 4.43. The van der Waals surface area contributed by atoms with E-state index in [-0.39, 0.29) is 28.0 Å². The first-order valence-corrected chi connectivity index (χ1v) is 7.74. The van der Waals surface area contributed by atoms with E-state index in [1.807, 2.05) is 0 Å². The molecule has 106 valence electrons. The minimum absolute atomic E-state index is 0.0793. The molecule has 1 atom stereocenters. The third-order valence-electron chi connectivity index (χ3n) is 3.53. The molecule has 1 aliphatic carbocycles. The average Bonchev–Trinajstić information content (AvgIpc) is 2.84. The molecule has 1 amide bonds. The quantitative estimate of drug-likeness (QED) is 0.770. The van der Waals surface area contributed by atoms with Gasteiger partial charge >= 0.3 is 0 Å². The SMILES string of the molecule is CC1(C)CCC(NC(=O)c2cc(S(N)(=O)=O)c[nH]2)C1. The summed E-state index contributed by atoms with van der Waals surface area (Å²) < 4.78 is 22.2. The van der Waals surface area contributed by atoms with E-state index < -0.39 is 10.0 Å². The summed E-state index contributed by atoms with van der Waals surface area (Å²) in [5, 5.41) is 7.90. The zero-order valence-corrected chi connectivity index (χ0v) is 11.9. The van der Waals surface area contributed by atoms with Crippen molar-refractivity contribution >= 4 is 15.9 Å². The second-order valence-electron chi connectivity index (χ2n) is 5.87. The van der Waals surface area contributed by atoms with Gasteiger partial charge in [0.15, 0.2) is 0 Å². The number of nitrogens with two attached hydrogens (primary N) is 1. The molecule has 1 fully saturated rings. The lowest BCUT2D eigenvalue weighted by Crippen LogP contribution is -2.33. The van der Waals surface area contributed by atoms with Crippen molar-refractivity contribution in [1.82, 2.24) is 10.3 Å². The van der Waals surface area contributed by atoms with Crippen LogP contribution < -0.4 is 10.5 Å². The highest BCUT2D eigenvalue weighted by atomic mass is 32.2. The monoisotopic (exact) mass is 285 g/mol. The summed E-state index contributed by atoms with van der Waals surface area (Å²) in [6.45, 7) is 4.35. The Kier molecular flexibility index (Phi) is 3.44. The number of aromatic nitrogens is 1. The van der Waals surface area contributed by atoms with Crippen molar-refractivity contribution in [3.63, 3.8) is 0 Å². The van der Waals surface area contributed by atoms with Crippen molar-refractivity contribution in [3.8, 4) is 0 Å². The molecule has 1 aromatic heterocycles. The number of sulfonamides is 1. The number of hydrogen-bond acceptors (Lipinski definition) is 3. The van der Waals surface area contributed by atoms with Gasteiger partial charge in [-0.2, -0.15) is 0 Å². The number of amides is 1. The maximum Gasteiger partial charge on any atom is 0.267 e. The first-order chi connectivity index (χ1) is 8.67. The molecule has 1 aliphatic rings. The molecular weight excluding hydrogens is 266 g/mol. The number of carbonyl (C=O) groups excluding carboxylic acids is 1. The van der Waals surface area contributed by atoms with Crippen LogP contribution in [0.25, 0.3) is 0 Å². The third kappa shape index (κ3) is 3.36. The Hall–Kier alpha value is -1.34. The van der Waals surface area contributed by atoms with Gasteiger partial charge in [0.25, 0.3) is 5.91 Å². The van der Waals surface area contributed by atoms with E-state index in [1.165, 1.54) is 12.3 Å². The lowest BCUT2D eigenvalue weighted by Gasteiger charge is -2.17. The Morgan fingerprint density at radius 1 is 1.53 bits per heavy atom. The molecule has 0 aliphatic heterocycles. The highest BCUT2D eigenvalue weighted by molar-refractivity contribution is 7.89. The van der Waals surface area contributed by atoms with E-state index in [0.29, 0.717) is 0 Å². The number of hydrogen-bond donors (Lipinski definition) is 3. The van der Waals surface area contributed by atoms with E-state index in [2.05, 4.69) is 24.1 Å². The molecule has 19 heavy (non-hydrogen) atoms. The topological polar surface area (TPSA) is 105 Å². The largest absolute Gasteiger partial charge is 0.356 e. The molecule has 0 radical (unpaired) electrons. The standard InChI is InChI=1S/C12H19N3O3S/c1-12(2)4-3-8(6-12)15-11(16)10-5-9(7-14-10)19(13,17)18/h5,7-8,14H,3-4,6H2,1-2H3,(H,15,16)(H2,13,17,18). The van der Waals surface area contributed by atoms with Crippen LogP contribution in [0.4, 0.5) is 0 Å². The van der Waals surface area contributed by atoms with Gasteiger partial charge in [-0.3, -0.25) is 4.79 Å². The summed E-state index contributed by atoms with van der Waals surface area (Å²) in [7, 11) is -3.77. The molecule has 1 aromatic rings. The molecule has 4 N–H and O–H groups in total. The molecule has 0 bridgehead atoms. The van der Waals surface area contributed by atoms with Crippen LogP contribution in [0.2, 0.25) is 0 Å². The van der Waals surface area contributed by atoms with Crippen LogP contribution >= 0.6 is 0 Å². The number of H-pyrrole nitrogens is 1. The van der Waals surface area contributed by atoms with Crippen molar-refractivity contribution in [1.29, 1.82) is 0 Å². The van der Waals surface area contributed by atoms with Gasteiger partial charge in [-0.25, -0.2) is 13.6 Å². The fourth-order valence-electron chi connectivity index (χ4n) is 2.49. The first kappa shape index (κ1) is 14.1.